The minimum atomic E-state index is 0.0611. The van der Waals surface area contributed by atoms with Gasteiger partial charge in [-0.05, 0) is 35.2 Å². The number of thioether (sulfide) groups is 1. The van der Waals surface area contributed by atoms with E-state index in [1.54, 1.807) is 24.2 Å². The first kappa shape index (κ1) is 16.5. The molecule has 2 aromatic rings. The molecule has 0 aliphatic heterocycles. The fourth-order valence-corrected chi connectivity index (χ4v) is 2.77. The van der Waals surface area contributed by atoms with Crippen molar-refractivity contribution >= 4 is 17.7 Å². The van der Waals surface area contributed by atoms with E-state index in [9.17, 15) is 4.79 Å². The van der Waals surface area contributed by atoms with Crippen LogP contribution in [0.15, 0.2) is 48.8 Å². The van der Waals surface area contributed by atoms with Crippen LogP contribution >= 0.6 is 11.8 Å². The van der Waals surface area contributed by atoms with Gasteiger partial charge >= 0.3 is 0 Å². The van der Waals surface area contributed by atoms with Gasteiger partial charge in [-0.15, -0.1) is 11.8 Å². The number of hydrogen-bond acceptors (Lipinski definition) is 4. The van der Waals surface area contributed by atoms with Crippen LogP contribution in [0, 0.1) is 0 Å². The topological polar surface area (TPSA) is 62.2 Å². The number of aliphatic hydroxyl groups is 1. The molecule has 0 spiro atoms. The third-order valence-corrected chi connectivity index (χ3v) is 4.20. The number of aromatic nitrogens is 1. The highest BCUT2D eigenvalue weighted by molar-refractivity contribution is 7.99. The molecule has 0 fully saturated rings. The van der Waals surface area contributed by atoms with Crippen LogP contribution in [-0.4, -0.2) is 28.3 Å². The van der Waals surface area contributed by atoms with Crippen molar-refractivity contribution in [1.29, 1.82) is 0 Å². The van der Waals surface area contributed by atoms with E-state index in [-0.39, 0.29) is 12.5 Å². The number of amides is 1. The Morgan fingerprint density at radius 3 is 2.41 bits per heavy atom. The Morgan fingerprint density at radius 1 is 1.05 bits per heavy atom. The molecule has 2 N–H and O–H groups in total. The SMILES string of the molecule is O=C(CSCc1ccncc1)NCCc1ccc(CO)cc1. The fourth-order valence-electron chi connectivity index (χ4n) is 1.95. The van der Waals surface area contributed by atoms with E-state index >= 15 is 0 Å². The second-order valence-corrected chi connectivity index (χ2v) is 5.91. The van der Waals surface area contributed by atoms with E-state index in [0.29, 0.717) is 12.3 Å². The zero-order valence-corrected chi connectivity index (χ0v) is 13.2. The summed E-state index contributed by atoms with van der Waals surface area (Å²) in [6.45, 7) is 0.693. The van der Waals surface area contributed by atoms with Crippen molar-refractivity contribution in [3.63, 3.8) is 0 Å². The van der Waals surface area contributed by atoms with Gasteiger partial charge in [-0.2, -0.15) is 0 Å². The van der Waals surface area contributed by atoms with Gasteiger partial charge in [0.05, 0.1) is 12.4 Å². The first-order valence-electron chi connectivity index (χ1n) is 7.20. The molecule has 0 atom stereocenters. The average Bonchev–Trinajstić information content (AvgIpc) is 2.56. The number of carbonyl (C=O) groups is 1. The number of nitrogens with one attached hydrogen (secondary N) is 1. The van der Waals surface area contributed by atoms with E-state index in [2.05, 4.69) is 10.3 Å². The molecule has 0 unspecified atom stereocenters. The van der Waals surface area contributed by atoms with Crippen LogP contribution in [0.1, 0.15) is 16.7 Å². The minimum Gasteiger partial charge on any atom is -0.392 e. The van der Waals surface area contributed by atoms with Crippen molar-refractivity contribution < 1.29 is 9.90 Å². The predicted octanol–water partition coefficient (Wildman–Crippen LogP) is 2.17. The molecule has 0 aliphatic carbocycles. The molecule has 116 valence electrons. The molecule has 0 saturated heterocycles. The zero-order chi connectivity index (χ0) is 15.6. The van der Waals surface area contributed by atoms with Crippen LogP contribution in [0.4, 0.5) is 0 Å². The molecule has 1 heterocycles. The molecule has 0 radical (unpaired) electrons. The summed E-state index contributed by atoms with van der Waals surface area (Å²) in [4.78, 5) is 15.7. The summed E-state index contributed by atoms with van der Waals surface area (Å²) in [5.74, 6) is 1.34. The zero-order valence-electron chi connectivity index (χ0n) is 12.4. The lowest BCUT2D eigenvalue weighted by atomic mass is 10.1. The lowest BCUT2D eigenvalue weighted by molar-refractivity contribution is -0.118. The quantitative estimate of drug-likeness (QED) is 0.783. The van der Waals surface area contributed by atoms with Gasteiger partial charge in [0.1, 0.15) is 0 Å². The summed E-state index contributed by atoms with van der Waals surface area (Å²) >= 11 is 1.60. The number of pyridine rings is 1. The number of carbonyl (C=O) groups excluding carboxylic acids is 1. The standard InChI is InChI=1S/C17H20N2O2S/c20-11-15-3-1-14(2-4-15)7-10-19-17(21)13-22-12-16-5-8-18-9-6-16/h1-6,8-9,20H,7,10-13H2,(H,19,21). The summed E-state index contributed by atoms with van der Waals surface area (Å²) in [7, 11) is 0. The summed E-state index contributed by atoms with van der Waals surface area (Å²) in [6.07, 6.45) is 4.32. The maximum absolute atomic E-state index is 11.7. The van der Waals surface area contributed by atoms with Crippen LogP contribution in [0.3, 0.4) is 0 Å². The lowest BCUT2D eigenvalue weighted by Gasteiger charge is -2.06. The van der Waals surface area contributed by atoms with Gasteiger partial charge in [-0.1, -0.05) is 24.3 Å². The van der Waals surface area contributed by atoms with Crippen molar-refractivity contribution in [2.24, 2.45) is 0 Å². The monoisotopic (exact) mass is 316 g/mol. The largest absolute Gasteiger partial charge is 0.392 e. The highest BCUT2D eigenvalue weighted by atomic mass is 32.2. The Labute approximate surface area is 135 Å². The molecule has 0 aliphatic rings. The highest BCUT2D eigenvalue weighted by Gasteiger charge is 2.02. The number of aliphatic hydroxyl groups excluding tert-OH is 1. The number of benzene rings is 1. The van der Waals surface area contributed by atoms with Gasteiger partial charge in [-0.25, -0.2) is 0 Å². The van der Waals surface area contributed by atoms with Gasteiger partial charge in [-0.3, -0.25) is 9.78 Å². The fraction of sp³-hybridized carbons (Fsp3) is 0.294. The van der Waals surface area contributed by atoms with Crippen LogP contribution in [-0.2, 0) is 23.6 Å². The second kappa shape index (κ2) is 9.23. The Morgan fingerprint density at radius 2 is 1.73 bits per heavy atom. The molecular weight excluding hydrogens is 296 g/mol. The van der Waals surface area contributed by atoms with Gasteiger partial charge < -0.3 is 10.4 Å². The molecule has 1 aromatic carbocycles. The summed E-state index contributed by atoms with van der Waals surface area (Å²) in [5, 5.41) is 11.9. The van der Waals surface area contributed by atoms with Crippen molar-refractivity contribution in [3.05, 3.63) is 65.5 Å². The van der Waals surface area contributed by atoms with E-state index in [1.807, 2.05) is 36.4 Å². The number of rotatable bonds is 8. The summed E-state index contributed by atoms with van der Waals surface area (Å²) < 4.78 is 0. The molecule has 0 bridgehead atoms. The van der Waals surface area contributed by atoms with Crippen molar-refractivity contribution in [1.82, 2.24) is 10.3 Å². The van der Waals surface area contributed by atoms with Crippen molar-refractivity contribution in [2.45, 2.75) is 18.8 Å². The third-order valence-electron chi connectivity index (χ3n) is 3.19. The molecule has 1 amide bonds. The first-order valence-corrected chi connectivity index (χ1v) is 8.35. The Kier molecular flexibility index (Phi) is 6.93. The summed E-state index contributed by atoms with van der Waals surface area (Å²) in [5.41, 5.74) is 3.24. The predicted molar refractivity (Wildman–Crippen MR) is 89.5 cm³/mol. The molecule has 22 heavy (non-hydrogen) atoms. The van der Waals surface area contributed by atoms with E-state index in [0.717, 1.165) is 23.3 Å². The maximum atomic E-state index is 11.7. The van der Waals surface area contributed by atoms with Crippen LogP contribution < -0.4 is 5.32 Å². The lowest BCUT2D eigenvalue weighted by Crippen LogP contribution is -2.27. The smallest absolute Gasteiger partial charge is 0.230 e. The minimum absolute atomic E-state index is 0.0611. The average molecular weight is 316 g/mol. The Bertz CT molecular complexity index is 573. The van der Waals surface area contributed by atoms with Gasteiger partial charge in [0.15, 0.2) is 0 Å². The highest BCUT2D eigenvalue weighted by Crippen LogP contribution is 2.10. The Hall–Kier alpha value is -1.85. The van der Waals surface area contributed by atoms with Crippen LogP contribution in [0.2, 0.25) is 0 Å². The molecule has 0 saturated carbocycles. The molecule has 2 rings (SSSR count). The van der Waals surface area contributed by atoms with Crippen molar-refractivity contribution in [2.75, 3.05) is 12.3 Å². The van der Waals surface area contributed by atoms with Gasteiger partial charge in [0.2, 0.25) is 5.91 Å². The van der Waals surface area contributed by atoms with E-state index < -0.39 is 0 Å². The molecular formula is C17H20N2O2S. The molecule has 4 nitrogen and oxygen atoms in total. The second-order valence-electron chi connectivity index (χ2n) is 4.92. The summed E-state index contributed by atoms with van der Waals surface area (Å²) in [6, 6.07) is 11.7. The third kappa shape index (κ3) is 5.87. The van der Waals surface area contributed by atoms with Gasteiger partial charge in [0.25, 0.3) is 0 Å². The van der Waals surface area contributed by atoms with Crippen molar-refractivity contribution in [3.8, 4) is 0 Å². The maximum Gasteiger partial charge on any atom is 0.230 e. The van der Waals surface area contributed by atoms with Gasteiger partial charge in [0, 0.05) is 24.7 Å². The van der Waals surface area contributed by atoms with Crippen LogP contribution in [0.25, 0.3) is 0 Å². The molecule has 1 aromatic heterocycles. The number of nitrogens with zero attached hydrogens (tertiary/aromatic N) is 1. The first-order chi connectivity index (χ1) is 10.8. The van der Waals surface area contributed by atoms with E-state index in [4.69, 9.17) is 5.11 Å². The van der Waals surface area contributed by atoms with Crippen LogP contribution in [0.5, 0.6) is 0 Å². The number of hydrogen-bond donors (Lipinski definition) is 2. The molecule has 5 heteroatoms. The normalized spacial score (nSPS) is 10.4. The Balaban J connectivity index is 1.61. The van der Waals surface area contributed by atoms with E-state index in [1.165, 1.54) is 5.56 Å².